The van der Waals surface area contributed by atoms with Gasteiger partial charge in [-0.25, -0.2) is 4.39 Å². The maximum atomic E-state index is 13.3. The number of nitrogens with one attached hydrogen (secondary N) is 1. The van der Waals surface area contributed by atoms with E-state index in [4.69, 9.17) is 11.6 Å². The number of rotatable bonds is 4. The summed E-state index contributed by atoms with van der Waals surface area (Å²) < 4.78 is 16.7. The fourth-order valence-corrected chi connectivity index (χ4v) is 3.18. The van der Waals surface area contributed by atoms with Crippen LogP contribution in [-0.2, 0) is 13.1 Å². The number of aryl methyl sites for hydroxylation is 1. The van der Waals surface area contributed by atoms with Crippen molar-refractivity contribution in [3.8, 4) is 0 Å². The standard InChI is InChI=1S/C18H15ClFN5O/c1-2-24-17(26)12-5-3-4-6-15(12)25-16(22-23-18(24)25)10-21-11-7-8-14(20)13(19)9-11/h3-9,21H,2,10H2,1H3. The van der Waals surface area contributed by atoms with Gasteiger partial charge in [0.05, 0.1) is 22.5 Å². The average molecular weight is 372 g/mol. The molecule has 0 saturated carbocycles. The summed E-state index contributed by atoms with van der Waals surface area (Å²) in [6.07, 6.45) is 0. The molecule has 4 aromatic rings. The van der Waals surface area contributed by atoms with Crippen molar-refractivity contribution in [1.29, 1.82) is 0 Å². The molecule has 2 aromatic heterocycles. The van der Waals surface area contributed by atoms with Gasteiger partial charge in [0, 0.05) is 12.2 Å². The Bertz CT molecular complexity index is 1180. The summed E-state index contributed by atoms with van der Waals surface area (Å²) in [6, 6.07) is 11.8. The van der Waals surface area contributed by atoms with Gasteiger partial charge in [0.1, 0.15) is 5.82 Å². The molecule has 2 heterocycles. The smallest absolute Gasteiger partial charge is 0.262 e. The normalized spacial score (nSPS) is 11.3. The Morgan fingerprint density at radius 1 is 1.19 bits per heavy atom. The fourth-order valence-electron chi connectivity index (χ4n) is 3.00. The van der Waals surface area contributed by atoms with Gasteiger partial charge in [0.25, 0.3) is 5.56 Å². The Balaban J connectivity index is 1.82. The number of benzene rings is 2. The van der Waals surface area contributed by atoms with Crippen LogP contribution in [0.2, 0.25) is 5.02 Å². The van der Waals surface area contributed by atoms with Crippen LogP contribution < -0.4 is 10.9 Å². The lowest BCUT2D eigenvalue weighted by Gasteiger charge is -2.10. The molecule has 0 atom stereocenters. The van der Waals surface area contributed by atoms with Gasteiger partial charge < -0.3 is 5.32 Å². The minimum atomic E-state index is -0.469. The Morgan fingerprint density at radius 2 is 2.00 bits per heavy atom. The summed E-state index contributed by atoms with van der Waals surface area (Å²) >= 11 is 5.82. The van der Waals surface area contributed by atoms with Gasteiger partial charge in [0.15, 0.2) is 5.82 Å². The van der Waals surface area contributed by atoms with Crippen molar-refractivity contribution in [2.75, 3.05) is 5.32 Å². The zero-order valence-electron chi connectivity index (χ0n) is 13.9. The zero-order chi connectivity index (χ0) is 18.3. The first-order chi connectivity index (χ1) is 12.6. The summed E-state index contributed by atoms with van der Waals surface area (Å²) in [5.41, 5.74) is 1.32. The highest BCUT2D eigenvalue weighted by Crippen LogP contribution is 2.20. The van der Waals surface area contributed by atoms with Crippen molar-refractivity contribution in [3.05, 3.63) is 69.5 Å². The maximum Gasteiger partial charge on any atom is 0.262 e. The number of aromatic nitrogens is 4. The molecular formula is C18H15ClFN5O. The van der Waals surface area contributed by atoms with Crippen LogP contribution in [0.4, 0.5) is 10.1 Å². The topological polar surface area (TPSA) is 64.2 Å². The predicted octanol–water partition coefficient (Wildman–Crippen LogP) is 3.47. The van der Waals surface area contributed by atoms with Crippen LogP contribution in [0.1, 0.15) is 12.7 Å². The number of para-hydroxylation sites is 1. The van der Waals surface area contributed by atoms with E-state index in [2.05, 4.69) is 15.5 Å². The molecule has 132 valence electrons. The molecule has 0 unspecified atom stereocenters. The van der Waals surface area contributed by atoms with Crippen LogP contribution >= 0.6 is 11.6 Å². The molecule has 6 nitrogen and oxygen atoms in total. The number of hydrogen-bond donors (Lipinski definition) is 1. The largest absolute Gasteiger partial charge is 0.378 e. The van der Waals surface area contributed by atoms with Crippen molar-refractivity contribution in [1.82, 2.24) is 19.2 Å². The van der Waals surface area contributed by atoms with E-state index in [1.54, 1.807) is 16.7 Å². The van der Waals surface area contributed by atoms with Crippen LogP contribution in [0, 0.1) is 5.82 Å². The maximum absolute atomic E-state index is 13.3. The fraction of sp³-hybridized carbons (Fsp3) is 0.167. The van der Waals surface area contributed by atoms with Crippen LogP contribution in [0.5, 0.6) is 0 Å². The zero-order valence-corrected chi connectivity index (χ0v) is 14.7. The molecule has 0 aliphatic heterocycles. The van der Waals surface area contributed by atoms with Gasteiger partial charge >= 0.3 is 0 Å². The van der Waals surface area contributed by atoms with Gasteiger partial charge in [-0.05, 0) is 37.3 Å². The Labute approximate surface area is 152 Å². The summed E-state index contributed by atoms with van der Waals surface area (Å²) in [5, 5.41) is 12.2. The Morgan fingerprint density at radius 3 is 2.77 bits per heavy atom. The van der Waals surface area contributed by atoms with E-state index in [0.717, 1.165) is 5.52 Å². The van der Waals surface area contributed by atoms with E-state index in [1.165, 1.54) is 12.1 Å². The molecule has 26 heavy (non-hydrogen) atoms. The molecule has 0 aliphatic rings. The number of anilines is 1. The SMILES string of the molecule is CCn1c(=O)c2ccccc2n2c(CNc3ccc(F)c(Cl)c3)nnc12. The third-order valence-corrected chi connectivity index (χ3v) is 4.55. The lowest BCUT2D eigenvalue weighted by molar-refractivity contribution is 0.628. The minimum absolute atomic E-state index is 0.0476. The molecule has 0 bridgehead atoms. The second-order valence-electron chi connectivity index (χ2n) is 5.80. The van der Waals surface area contributed by atoms with Gasteiger partial charge in [-0.3, -0.25) is 13.8 Å². The van der Waals surface area contributed by atoms with E-state index in [1.807, 2.05) is 29.5 Å². The molecule has 0 spiro atoms. The predicted molar refractivity (Wildman–Crippen MR) is 99.2 cm³/mol. The molecule has 0 amide bonds. The van der Waals surface area contributed by atoms with E-state index in [-0.39, 0.29) is 10.6 Å². The molecule has 4 rings (SSSR count). The molecular weight excluding hydrogens is 357 g/mol. The Kier molecular flexibility index (Phi) is 4.08. The minimum Gasteiger partial charge on any atom is -0.378 e. The molecule has 0 radical (unpaired) electrons. The molecule has 0 fully saturated rings. The summed E-state index contributed by atoms with van der Waals surface area (Å²) in [5.74, 6) is 0.659. The van der Waals surface area contributed by atoms with Crippen molar-refractivity contribution in [3.63, 3.8) is 0 Å². The number of nitrogens with zero attached hydrogens (tertiary/aromatic N) is 4. The third-order valence-electron chi connectivity index (χ3n) is 4.26. The van der Waals surface area contributed by atoms with Crippen molar-refractivity contribution in [2.24, 2.45) is 0 Å². The summed E-state index contributed by atoms with van der Waals surface area (Å²) in [4.78, 5) is 12.6. The molecule has 0 aliphatic carbocycles. The van der Waals surface area contributed by atoms with Gasteiger partial charge in [-0.2, -0.15) is 0 Å². The van der Waals surface area contributed by atoms with E-state index < -0.39 is 5.82 Å². The van der Waals surface area contributed by atoms with Crippen molar-refractivity contribution >= 4 is 34.0 Å². The lowest BCUT2D eigenvalue weighted by atomic mass is 10.2. The van der Waals surface area contributed by atoms with Crippen LogP contribution in [-0.4, -0.2) is 19.2 Å². The van der Waals surface area contributed by atoms with Crippen LogP contribution in [0.25, 0.3) is 16.7 Å². The second kappa shape index (κ2) is 6.42. The van der Waals surface area contributed by atoms with Crippen LogP contribution in [0.3, 0.4) is 0 Å². The highest BCUT2D eigenvalue weighted by molar-refractivity contribution is 6.31. The monoisotopic (exact) mass is 371 g/mol. The van der Waals surface area contributed by atoms with Crippen molar-refractivity contribution < 1.29 is 4.39 Å². The summed E-state index contributed by atoms with van der Waals surface area (Å²) in [7, 11) is 0. The molecule has 8 heteroatoms. The highest BCUT2D eigenvalue weighted by Gasteiger charge is 2.15. The first-order valence-electron chi connectivity index (χ1n) is 8.14. The van der Waals surface area contributed by atoms with Crippen LogP contribution in [0.15, 0.2) is 47.3 Å². The van der Waals surface area contributed by atoms with E-state index >= 15 is 0 Å². The van der Waals surface area contributed by atoms with Crippen molar-refractivity contribution in [2.45, 2.75) is 20.0 Å². The Hall–Kier alpha value is -2.93. The van der Waals surface area contributed by atoms with Gasteiger partial charge in [-0.1, -0.05) is 23.7 Å². The molecule has 2 aromatic carbocycles. The first-order valence-corrected chi connectivity index (χ1v) is 8.52. The van der Waals surface area contributed by atoms with E-state index in [9.17, 15) is 9.18 Å². The van der Waals surface area contributed by atoms with Gasteiger partial charge in [0.2, 0.25) is 5.78 Å². The highest BCUT2D eigenvalue weighted by atomic mass is 35.5. The summed E-state index contributed by atoms with van der Waals surface area (Å²) in [6.45, 7) is 2.73. The van der Waals surface area contributed by atoms with E-state index in [0.29, 0.717) is 35.8 Å². The average Bonchev–Trinajstić information content (AvgIpc) is 3.07. The number of halogens is 2. The quantitative estimate of drug-likeness (QED) is 0.596. The molecule has 0 saturated heterocycles. The first kappa shape index (κ1) is 16.5. The lowest BCUT2D eigenvalue weighted by Crippen LogP contribution is -2.22. The third kappa shape index (κ3) is 2.61. The number of fused-ring (bicyclic) bond motifs is 3. The molecule has 1 N–H and O–H groups in total. The number of hydrogen-bond acceptors (Lipinski definition) is 4. The van der Waals surface area contributed by atoms with Gasteiger partial charge in [-0.15, -0.1) is 10.2 Å². The second-order valence-corrected chi connectivity index (χ2v) is 6.21.